The third-order valence-electron chi connectivity index (χ3n) is 2.69. The standard InChI is InChI=1S/C13H12N3O5P/c14-8-4-5-12(11(6-8)13(17)18)16-15-9-2-1-3-10(7-9)22(19,20)21/h1-7H,14H2,(H,17,18)(H2,19,20,21). The summed E-state index contributed by atoms with van der Waals surface area (Å²) in [5.74, 6) is -1.20. The molecule has 0 bridgehead atoms. The van der Waals surface area contributed by atoms with Gasteiger partial charge in [-0.15, -0.1) is 5.11 Å². The molecule has 0 aliphatic carbocycles. The van der Waals surface area contributed by atoms with Gasteiger partial charge in [-0.1, -0.05) is 6.07 Å². The summed E-state index contributed by atoms with van der Waals surface area (Å²) in [6.07, 6.45) is 0. The fourth-order valence-corrected chi connectivity index (χ4v) is 2.24. The van der Waals surface area contributed by atoms with Crippen molar-refractivity contribution in [1.29, 1.82) is 0 Å². The van der Waals surface area contributed by atoms with E-state index in [0.29, 0.717) is 0 Å². The molecule has 8 nitrogen and oxygen atoms in total. The molecule has 0 spiro atoms. The lowest BCUT2D eigenvalue weighted by molar-refractivity contribution is 0.0697. The van der Waals surface area contributed by atoms with Gasteiger partial charge >= 0.3 is 13.6 Å². The Hall–Kier alpha value is -2.54. The lowest BCUT2D eigenvalue weighted by atomic mass is 10.1. The zero-order valence-electron chi connectivity index (χ0n) is 11.1. The van der Waals surface area contributed by atoms with Gasteiger partial charge < -0.3 is 20.6 Å². The fourth-order valence-electron chi connectivity index (χ4n) is 1.66. The number of anilines is 1. The van der Waals surface area contributed by atoms with Crippen LogP contribution in [0.25, 0.3) is 0 Å². The molecule has 0 fully saturated rings. The van der Waals surface area contributed by atoms with E-state index in [4.69, 9.17) is 20.6 Å². The molecule has 0 saturated carbocycles. The summed E-state index contributed by atoms with van der Waals surface area (Å²) in [5, 5.41) is 16.5. The van der Waals surface area contributed by atoms with Crippen molar-refractivity contribution >= 4 is 35.9 Å². The Morgan fingerprint density at radius 1 is 1.09 bits per heavy atom. The molecule has 0 aromatic heterocycles. The van der Waals surface area contributed by atoms with Crippen molar-refractivity contribution in [3.05, 3.63) is 48.0 Å². The topological polar surface area (TPSA) is 146 Å². The Balaban J connectivity index is 2.37. The fraction of sp³-hybridized carbons (Fsp3) is 0. The normalized spacial score (nSPS) is 11.7. The van der Waals surface area contributed by atoms with Gasteiger partial charge in [-0.2, -0.15) is 5.11 Å². The van der Waals surface area contributed by atoms with Crippen LogP contribution in [-0.4, -0.2) is 20.9 Å². The second-order valence-electron chi connectivity index (χ2n) is 4.35. The number of benzene rings is 2. The quantitative estimate of drug-likeness (QED) is 0.386. The summed E-state index contributed by atoms with van der Waals surface area (Å²) in [4.78, 5) is 29.3. The Labute approximate surface area is 125 Å². The van der Waals surface area contributed by atoms with Gasteiger partial charge in [0.05, 0.1) is 16.6 Å². The Morgan fingerprint density at radius 2 is 1.82 bits per heavy atom. The van der Waals surface area contributed by atoms with Crippen LogP contribution in [0.4, 0.5) is 17.1 Å². The lowest BCUT2D eigenvalue weighted by Gasteiger charge is -2.04. The monoisotopic (exact) mass is 321 g/mol. The van der Waals surface area contributed by atoms with Crippen LogP contribution in [-0.2, 0) is 4.57 Å². The summed E-state index contributed by atoms with van der Waals surface area (Å²) < 4.78 is 11.2. The number of carboxylic acid groups (broad SMARTS) is 1. The van der Waals surface area contributed by atoms with E-state index in [-0.39, 0.29) is 27.9 Å². The summed E-state index contributed by atoms with van der Waals surface area (Å²) >= 11 is 0. The van der Waals surface area contributed by atoms with Crippen molar-refractivity contribution in [2.45, 2.75) is 0 Å². The molecule has 5 N–H and O–H groups in total. The SMILES string of the molecule is Nc1ccc(N=Nc2cccc(P(=O)(O)O)c2)c(C(=O)O)c1. The van der Waals surface area contributed by atoms with E-state index in [2.05, 4.69) is 10.2 Å². The maximum absolute atomic E-state index is 11.2. The number of nitrogens with zero attached hydrogens (tertiary/aromatic N) is 2. The van der Waals surface area contributed by atoms with Gasteiger partial charge in [0.1, 0.15) is 5.69 Å². The maximum atomic E-state index is 11.2. The number of azo groups is 1. The molecule has 0 amide bonds. The van der Waals surface area contributed by atoms with Crippen molar-refractivity contribution in [3.8, 4) is 0 Å². The van der Waals surface area contributed by atoms with E-state index >= 15 is 0 Å². The minimum absolute atomic E-state index is 0.0864. The number of hydrogen-bond donors (Lipinski definition) is 4. The second kappa shape index (κ2) is 6.07. The number of aromatic carboxylic acids is 1. The first kappa shape index (κ1) is 15.8. The summed E-state index contributed by atoms with van der Waals surface area (Å²) in [6, 6.07) is 9.49. The van der Waals surface area contributed by atoms with E-state index in [9.17, 15) is 9.36 Å². The van der Waals surface area contributed by atoms with Crippen molar-refractivity contribution in [2.75, 3.05) is 5.73 Å². The minimum Gasteiger partial charge on any atom is -0.478 e. The molecule has 2 aromatic rings. The van der Waals surface area contributed by atoms with Gasteiger partial charge in [-0.05, 0) is 36.4 Å². The van der Waals surface area contributed by atoms with Crippen molar-refractivity contribution < 1.29 is 24.3 Å². The summed E-state index contributed by atoms with van der Waals surface area (Å²) in [6.45, 7) is 0. The highest BCUT2D eigenvalue weighted by Crippen LogP contribution is 2.34. The summed E-state index contributed by atoms with van der Waals surface area (Å²) in [5.41, 5.74) is 5.96. The van der Waals surface area contributed by atoms with Gasteiger partial charge in [-0.3, -0.25) is 4.57 Å². The average molecular weight is 321 g/mol. The first-order valence-electron chi connectivity index (χ1n) is 5.98. The van der Waals surface area contributed by atoms with Crippen LogP contribution in [0, 0.1) is 0 Å². The van der Waals surface area contributed by atoms with Gasteiger partial charge in [0.25, 0.3) is 0 Å². The highest BCUT2D eigenvalue weighted by molar-refractivity contribution is 7.60. The molecule has 9 heteroatoms. The molecule has 0 heterocycles. The minimum atomic E-state index is -4.38. The van der Waals surface area contributed by atoms with Crippen LogP contribution < -0.4 is 11.0 Å². The molecular formula is C13H12N3O5P. The molecule has 0 atom stereocenters. The predicted molar refractivity (Wildman–Crippen MR) is 80.1 cm³/mol. The zero-order valence-corrected chi connectivity index (χ0v) is 12.0. The third-order valence-corrected chi connectivity index (χ3v) is 3.64. The molecule has 0 radical (unpaired) electrons. The van der Waals surface area contributed by atoms with Crippen LogP contribution in [0.15, 0.2) is 52.7 Å². The number of hydrogen-bond acceptors (Lipinski definition) is 5. The van der Waals surface area contributed by atoms with Crippen molar-refractivity contribution in [2.24, 2.45) is 10.2 Å². The molecule has 0 saturated heterocycles. The molecule has 0 aliphatic heterocycles. The van der Waals surface area contributed by atoms with E-state index in [0.717, 1.165) is 0 Å². The third kappa shape index (κ3) is 3.76. The van der Waals surface area contributed by atoms with Crippen LogP contribution in [0.5, 0.6) is 0 Å². The maximum Gasteiger partial charge on any atom is 0.356 e. The highest BCUT2D eigenvalue weighted by atomic mass is 31.2. The van der Waals surface area contributed by atoms with E-state index in [1.807, 2.05) is 0 Å². The Bertz CT molecular complexity index is 800. The van der Waals surface area contributed by atoms with E-state index in [1.165, 1.54) is 42.5 Å². The van der Waals surface area contributed by atoms with E-state index in [1.54, 1.807) is 0 Å². The predicted octanol–water partition coefficient (Wildman–Crippen LogP) is 2.19. The smallest absolute Gasteiger partial charge is 0.356 e. The molecule has 2 rings (SSSR count). The first-order chi connectivity index (χ1) is 10.3. The molecule has 0 aliphatic rings. The van der Waals surface area contributed by atoms with Crippen LogP contribution in [0.1, 0.15) is 10.4 Å². The van der Waals surface area contributed by atoms with Crippen LogP contribution in [0.3, 0.4) is 0 Å². The van der Waals surface area contributed by atoms with Gasteiger partial charge in [0, 0.05) is 5.69 Å². The molecule has 0 unspecified atom stereocenters. The van der Waals surface area contributed by atoms with Crippen LogP contribution in [0.2, 0.25) is 0 Å². The molecule has 22 heavy (non-hydrogen) atoms. The Kier molecular flexibility index (Phi) is 4.37. The second-order valence-corrected chi connectivity index (χ2v) is 5.95. The summed E-state index contributed by atoms with van der Waals surface area (Å²) in [7, 11) is -4.38. The van der Waals surface area contributed by atoms with Gasteiger partial charge in [-0.25, -0.2) is 4.79 Å². The lowest BCUT2D eigenvalue weighted by Crippen LogP contribution is -2.01. The number of nitrogens with two attached hydrogens (primary N) is 1. The van der Waals surface area contributed by atoms with Crippen molar-refractivity contribution in [1.82, 2.24) is 0 Å². The van der Waals surface area contributed by atoms with Crippen LogP contribution >= 0.6 is 7.60 Å². The van der Waals surface area contributed by atoms with Gasteiger partial charge in [0.15, 0.2) is 0 Å². The number of rotatable bonds is 4. The number of carbonyl (C=O) groups is 1. The average Bonchev–Trinajstić information content (AvgIpc) is 2.45. The number of nitrogen functional groups attached to an aromatic ring is 1. The molecule has 114 valence electrons. The van der Waals surface area contributed by atoms with Crippen molar-refractivity contribution in [3.63, 3.8) is 0 Å². The molecular weight excluding hydrogens is 309 g/mol. The largest absolute Gasteiger partial charge is 0.478 e. The van der Waals surface area contributed by atoms with Gasteiger partial charge in [0.2, 0.25) is 0 Å². The molecule has 2 aromatic carbocycles. The first-order valence-corrected chi connectivity index (χ1v) is 7.59. The van der Waals surface area contributed by atoms with E-state index < -0.39 is 13.6 Å². The zero-order chi connectivity index (χ0) is 16.3. The Morgan fingerprint density at radius 3 is 2.45 bits per heavy atom. The number of carboxylic acids is 1. The highest BCUT2D eigenvalue weighted by Gasteiger charge is 2.17.